The molecule has 0 radical (unpaired) electrons. The van der Waals surface area contributed by atoms with E-state index in [1.165, 1.54) is 12.0 Å². The SMILES string of the molecule is COC[C@@H](NC(=O)N[C@H](C(=O)N1CC[C@H](C(C)C)[C@H]1C(=O)NC(CCC(F)(F)F)C(=O)C(N)=O)C1Cc2ccccc2C1)C(C)(C)C. The summed E-state index contributed by atoms with van der Waals surface area (Å²) >= 11 is 0. The summed E-state index contributed by atoms with van der Waals surface area (Å²) in [5, 5.41) is 8.10. The molecule has 1 heterocycles. The van der Waals surface area contributed by atoms with Crippen LogP contribution in [0.2, 0.25) is 0 Å². The molecular weight excluding hydrogens is 619 g/mol. The Hall–Kier alpha value is -3.68. The monoisotopic (exact) mass is 667 g/mol. The first-order valence-corrected chi connectivity index (χ1v) is 16.0. The number of amides is 5. The highest BCUT2D eigenvalue weighted by Crippen LogP contribution is 2.35. The zero-order valence-corrected chi connectivity index (χ0v) is 27.9. The molecule has 3 rings (SSSR count). The first kappa shape index (κ1) is 37.8. The average molecular weight is 668 g/mol. The van der Waals surface area contributed by atoms with Crippen LogP contribution in [0, 0.1) is 23.2 Å². The minimum atomic E-state index is -4.65. The number of primary amides is 1. The molecule has 2 aliphatic rings. The normalized spacial score (nSPS) is 20.3. The number of nitrogens with two attached hydrogens (primary N) is 1. The van der Waals surface area contributed by atoms with Crippen LogP contribution in [0.25, 0.3) is 0 Å². The van der Waals surface area contributed by atoms with E-state index in [2.05, 4.69) is 16.0 Å². The fourth-order valence-corrected chi connectivity index (χ4v) is 6.51. The number of urea groups is 1. The molecule has 1 saturated heterocycles. The molecule has 0 bridgehead atoms. The number of Topliss-reactive ketones (excluding diaryl/α,β-unsaturated/α-hetero) is 1. The molecular formula is C33H48F3N5O6. The van der Waals surface area contributed by atoms with Gasteiger partial charge in [-0.15, -0.1) is 0 Å². The predicted octanol–water partition coefficient (Wildman–Crippen LogP) is 2.89. The molecule has 1 fully saturated rings. The maximum atomic E-state index is 14.5. The minimum Gasteiger partial charge on any atom is -0.383 e. The van der Waals surface area contributed by atoms with Crippen LogP contribution in [-0.2, 0) is 36.8 Å². The average Bonchev–Trinajstić information content (AvgIpc) is 3.61. The third-order valence-electron chi connectivity index (χ3n) is 9.24. The van der Waals surface area contributed by atoms with Crippen molar-refractivity contribution in [2.45, 2.75) is 97.1 Å². The van der Waals surface area contributed by atoms with Crippen LogP contribution in [0.4, 0.5) is 18.0 Å². The predicted molar refractivity (Wildman–Crippen MR) is 168 cm³/mol. The van der Waals surface area contributed by atoms with Crippen LogP contribution >= 0.6 is 0 Å². The molecule has 5 N–H and O–H groups in total. The molecule has 5 amide bonds. The molecule has 1 aromatic rings. The highest BCUT2D eigenvalue weighted by molar-refractivity contribution is 6.37. The molecule has 1 unspecified atom stereocenters. The van der Waals surface area contributed by atoms with Crippen molar-refractivity contribution in [3.8, 4) is 0 Å². The lowest BCUT2D eigenvalue weighted by atomic mass is 9.87. The number of methoxy groups -OCH3 is 1. The third kappa shape index (κ3) is 9.91. The number of likely N-dealkylation sites (tertiary alicyclic amines) is 1. The van der Waals surface area contributed by atoms with Crippen molar-refractivity contribution >= 4 is 29.5 Å². The second kappa shape index (κ2) is 15.5. The molecule has 0 aromatic heterocycles. The van der Waals surface area contributed by atoms with Crippen molar-refractivity contribution < 1.29 is 41.9 Å². The van der Waals surface area contributed by atoms with E-state index in [0.29, 0.717) is 19.3 Å². The van der Waals surface area contributed by atoms with Crippen molar-refractivity contribution in [1.82, 2.24) is 20.9 Å². The van der Waals surface area contributed by atoms with Crippen LogP contribution in [0.3, 0.4) is 0 Å². The smallest absolute Gasteiger partial charge is 0.383 e. The van der Waals surface area contributed by atoms with Gasteiger partial charge in [0.2, 0.25) is 17.6 Å². The van der Waals surface area contributed by atoms with Gasteiger partial charge in [0.25, 0.3) is 5.91 Å². The lowest BCUT2D eigenvalue weighted by molar-refractivity contribution is -0.147. The van der Waals surface area contributed by atoms with Crippen molar-refractivity contribution in [3.05, 3.63) is 35.4 Å². The largest absolute Gasteiger partial charge is 0.389 e. The highest BCUT2D eigenvalue weighted by Gasteiger charge is 2.48. The molecule has 1 aliphatic heterocycles. The molecule has 0 spiro atoms. The zero-order chi connectivity index (χ0) is 35.3. The quantitative estimate of drug-likeness (QED) is 0.237. The Kier molecular flexibility index (Phi) is 12.4. The number of nitrogens with one attached hydrogen (secondary N) is 3. The number of hydrogen-bond donors (Lipinski definition) is 4. The van der Waals surface area contributed by atoms with Crippen molar-refractivity contribution in [3.63, 3.8) is 0 Å². The van der Waals surface area contributed by atoms with E-state index in [1.54, 1.807) is 0 Å². The van der Waals surface area contributed by atoms with Gasteiger partial charge in [-0.05, 0) is 60.0 Å². The maximum absolute atomic E-state index is 14.5. The summed E-state index contributed by atoms with van der Waals surface area (Å²) in [4.78, 5) is 67.2. The minimum absolute atomic E-state index is 0.129. The number of benzene rings is 1. The number of ketones is 1. The van der Waals surface area contributed by atoms with Crippen molar-refractivity contribution in [2.24, 2.45) is 28.9 Å². The Morgan fingerprint density at radius 1 is 1.00 bits per heavy atom. The summed E-state index contributed by atoms with van der Waals surface area (Å²) in [6.45, 7) is 9.91. The molecule has 5 atom stereocenters. The standard InChI is InChI=1S/C33H48F3N5O6/c1-18(2)22-12-14-41(26(22)29(44)38-23(27(42)28(37)43)11-13-33(34,35)36)30(45)25(21-15-19-9-7-8-10-20(19)16-21)40-31(46)39-24(17-47-6)32(3,4)5/h7-10,18,21-26H,11-17H2,1-6H3,(H2,37,43)(H,38,44)(H2,39,40,46)/t22-,23?,24-,25+,26+/m1/s1. The second-order valence-corrected chi connectivity index (χ2v) is 14.0. The Balaban J connectivity index is 1.93. The summed E-state index contributed by atoms with van der Waals surface area (Å²) in [5.41, 5.74) is 6.80. The van der Waals surface area contributed by atoms with E-state index in [1.807, 2.05) is 58.9 Å². The van der Waals surface area contributed by atoms with Gasteiger partial charge < -0.3 is 31.3 Å². The second-order valence-electron chi connectivity index (χ2n) is 14.0. The van der Waals surface area contributed by atoms with Crippen LogP contribution in [-0.4, -0.2) is 85.0 Å². The van der Waals surface area contributed by atoms with E-state index < -0.39 is 78.6 Å². The van der Waals surface area contributed by atoms with Gasteiger partial charge in [-0.1, -0.05) is 58.9 Å². The first-order chi connectivity index (χ1) is 21.8. The van der Waals surface area contributed by atoms with Gasteiger partial charge in [0.05, 0.1) is 18.7 Å². The third-order valence-corrected chi connectivity index (χ3v) is 9.24. The van der Waals surface area contributed by atoms with Crippen LogP contribution in [0.5, 0.6) is 0 Å². The number of alkyl halides is 3. The molecule has 14 heteroatoms. The lowest BCUT2D eigenvalue weighted by Gasteiger charge is -2.35. The highest BCUT2D eigenvalue weighted by atomic mass is 19.4. The van der Waals surface area contributed by atoms with E-state index in [-0.39, 0.29) is 30.4 Å². The summed E-state index contributed by atoms with van der Waals surface area (Å²) in [7, 11) is 1.52. The number of hydrogen-bond acceptors (Lipinski definition) is 6. The van der Waals surface area contributed by atoms with Crippen molar-refractivity contribution in [1.29, 1.82) is 0 Å². The Labute approximate surface area is 273 Å². The number of nitrogens with zero attached hydrogens (tertiary/aromatic N) is 1. The zero-order valence-electron chi connectivity index (χ0n) is 27.9. The van der Waals surface area contributed by atoms with Gasteiger partial charge in [-0.25, -0.2) is 4.79 Å². The molecule has 0 saturated carbocycles. The number of carbonyl (C=O) groups excluding carboxylic acids is 5. The molecule has 262 valence electrons. The molecule has 47 heavy (non-hydrogen) atoms. The van der Waals surface area contributed by atoms with Gasteiger partial charge in [0.15, 0.2) is 0 Å². The molecule has 11 nitrogen and oxygen atoms in total. The molecule has 1 aliphatic carbocycles. The summed E-state index contributed by atoms with van der Waals surface area (Å²) < 4.78 is 44.4. The van der Waals surface area contributed by atoms with E-state index in [0.717, 1.165) is 11.1 Å². The van der Waals surface area contributed by atoms with E-state index in [9.17, 15) is 37.1 Å². The van der Waals surface area contributed by atoms with Crippen molar-refractivity contribution in [2.75, 3.05) is 20.3 Å². The summed E-state index contributed by atoms with van der Waals surface area (Å²) in [6, 6.07) is 2.70. The summed E-state index contributed by atoms with van der Waals surface area (Å²) in [6.07, 6.45) is -5.56. The lowest BCUT2D eigenvalue weighted by Crippen LogP contribution is -2.61. The van der Waals surface area contributed by atoms with Gasteiger partial charge in [0.1, 0.15) is 12.1 Å². The van der Waals surface area contributed by atoms with E-state index in [4.69, 9.17) is 10.5 Å². The Morgan fingerprint density at radius 3 is 2.09 bits per heavy atom. The topological polar surface area (TPSA) is 160 Å². The van der Waals surface area contributed by atoms with Gasteiger partial charge in [-0.3, -0.25) is 19.2 Å². The first-order valence-electron chi connectivity index (χ1n) is 16.0. The van der Waals surface area contributed by atoms with E-state index >= 15 is 0 Å². The maximum Gasteiger partial charge on any atom is 0.389 e. The van der Waals surface area contributed by atoms with Crippen LogP contribution < -0.4 is 21.7 Å². The number of rotatable bonds is 13. The number of fused-ring (bicyclic) bond motifs is 1. The Morgan fingerprint density at radius 2 is 1.60 bits per heavy atom. The van der Waals surface area contributed by atoms with Crippen LogP contribution in [0.15, 0.2) is 24.3 Å². The molecule has 1 aromatic carbocycles. The Bertz CT molecular complexity index is 1290. The van der Waals surface area contributed by atoms with Gasteiger partial charge in [-0.2, -0.15) is 13.2 Å². The number of ether oxygens (including phenoxy) is 1. The van der Waals surface area contributed by atoms with Gasteiger partial charge in [0, 0.05) is 20.1 Å². The van der Waals surface area contributed by atoms with Crippen LogP contribution in [0.1, 0.15) is 65.0 Å². The van der Waals surface area contributed by atoms with Gasteiger partial charge >= 0.3 is 12.2 Å². The number of carbonyl (C=O) groups is 5. The number of halogens is 3. The fraction of sp³-hybridized carbons (Fsp3) is 0.667. The fourth-order valence-electron chi connectivity index (χ4n) is 6.51. The summed E-state index contributed by atoms with van der Waals surface area (Å²) in [5.74, 6) is -5.10.